The number of ether oxygens (including phenoxy) is 1. The van der Waals surface area contributed by atoms with Crippen molar-refractivity contribution in [3.05, 3.63) is 40.5 Å². The van der Waals surface area contributed by atoms with Crippen molar-refractivity contribution in [1.29, 1.82) is 0 Å². The Labute approximate surface area is 145 Å². The van der Waals surface area contributed by atoms with Crippen LogP contribution in [0.2, 0.25) is 5.02 Å². The highest BCUT2D eigenvalue weighted by Gasteiger charge is 2.28. The number of nitrogens with zero attached hydrogens (tertiary/aromatic N) is 3. The average Bonchev–Trinajstić information content (AvgIpc) is 3.15. The summed E-state index contributed by atoms with van der Waals surface area (Å²) in [5.41, 5.74) is 1.88. The predicted octanol–water partition coefficient (Wildman–Crippen LogP) is 2.95. The van der Waals surface area contributed by atoms with E-state index in [1.807, 2.05) is 18.7 Å². The number of aromatic nitrogens is 2. The maximum Gasteiger partial charge on any atom is 0.223 e. The van der Waals surface area contributed by atoms with Gasteiger partial charge in [0.15, 0.2) is 0 Å². The van der Waals surface area contributed by atoms with Crippen molar-refractivity contribution in [2.45, 2.75) is 39.2 Å². The van der Waals surface area contributed by atoms with E-state index in [9.17, 15) is 4.79 Å². The molecule has 1 amide bonds. The number of amides is 1. The number of aryl methyl sites for hydroxylation is 2. The molecule has 2 aromatic heterocycles. The van der Waals surface area contributed by atoms with Crippen LogP contribution in [0.3, 0.4) is 0 Å². The molecule has 0 N–H and O–H groups in total. The molecule has 6 nitrogen and oxygen atoms in total. The largest absolute Gasteiger partial charge is 0.487 e. The Hall–Kier alpha value is -2.08. The lowest BCUT2D eigenvalue weighted by atomic mass is 10.1. The van der Waals surface area contributed by atoms with Crippen molar-refractivity contribution >= 4 is 17.5 Å². The van der Waals surface area contributed by atoms with Crippen molar-refractivity contribution in [3.8, 4) is 5.75 Å². The molecule has 1 saturated heterocycles. The highest BCUT2D eigenvalue weighted by molar-refractivity contribution is 6.31. The molecule has 0 aliphatic carbocycles. The molecule has 0 bridgehead atoms. The molecule has 0 saturated carbocycles. The number of hydrogen-bond donors (Lipinski definition) is 0. The van der Waals surface area contributed by atoms with Crippen molar-refractivity contribution in [2.24, 2.45) is 0 Å². The van der Waals surface area contributed by atoms with Gasteiger partial charge in [0.1, 0.15) is 22.6 Å². The van der Waals surface area contributed by atoms with Crippen LogP contribution in [0.4, 0.5) is 0 Å². The van der Waals surface area contributed by atoms with Gasteiger partial charge in [-0.3, -0.25) is 9.78 Å². The molecule has 0 spiro atoms. The van der Waals surface area contributed by atoms with Crippen molar-refractivity contribution < 1.29 is 14.1 Å². The number of halogens is 1. The molecule has 1 fully saturated rings. The molecule has 3 heterocycles. The topological polar surface area (TPSA) is 68.5 Å². The Morgan fingerprint density at radius 3 is 3.04 bits per heavy atom. The number of likely N-dealkylation sites (tertiary alicyclic amines) is 1. The second kappa shape index (κ2) is 7.21. The van der Waals surface area contributed by atoms with Crippen LogP contribution in [0.1, 0.15) is 29.9 Å². The molecule has 1 atom stereocenters. The number of carbonyl (C=O) groups is 1. The van der Waals surface area contributed by atoms with E-state index in [4.69, 9.17) is 20.9 Å². The Morgan fingerprint density at radius 2 is 2.33 bits per heavy atom. The quantitative estimate of drug-likeness (QED) is 0.830. The molecule has 1 aliphatic rings. The summed E-state index contributed by atoms with van der Waals surface area (Å²) >= 11 is 6.06. The fourth-order valence-corrected chi connectivity index (χ4v) is 3.10. The van der Waals surface area contributed by atoms with E-state index in [0.717, 1.165) is 23.4 Å². The molecular weight excluding hydrogens is 330 g/mol. The van der Waals surface area contributed by atoms with E-state index in [-0.39, 0.29) is 12.0 Å². The Morgan fingerprint density at radius 1 is 1.50 bits per heavy atom. The van der Waals surface area contributed by atoms with Crippen molar-refractivity contribution in [1.82, 2.24) is 15.0 Å². The summed E-state index contributed by atoms with van der Waals surface area (Å²) in [6.07, 6.45) is 5.06. The molecule has 128 valence electrons. The van der Waals surface area contributed by atoms with Crippen LogP contribution in [0.25, 0.3) is 0 Å². The second-order valence-corrected chi connectivity index (χ2v) is 6.38. The Kier molecular flexibility index (Phi) is 5.04. The van der Waals surface area contributed by atoms with Crippen LogP contribution in [0, 0.1) is 13.8 Å². The first-order valence-corrected chi connectivity index (χ1v) is 8.38. The number of rotatable bonds is 5. The molecule has 2 aromatic rings. The van der Waals surface area contributed by atoms with Crippen LogP contribution in [0.15, 0.2) is 23.0 Å². The summed E-state index contributed by atoms with van der Waals surface area (Å²) in [6.45, 7) is 5.05. The zero-order valence-corrected chi connectivity index (χ0v) is 14.5. The summed E-state index contributed by atoms with van der Waals surface area (Å²) in [4.78, 5) is 18.2. The Bertz CT molecular complexity index is 712. The van der Waals surface area contributed by atoms with Crippen LogP contribution in [-0.2, 0) is 11.2 Å². The summed E-state index contributed by atoms with van der Waals surface area (Å²) in [7, 11) is 0. The minimum Gasteiger partial charge on any atom is -0.487 e. The monoisotopic (exact) mass is 349 g/mol. The van der Waals surface area contributed by atoms with Crippen LogP contribution in [-0.4, -0.2) is 40.1 Å². The van der Waals surface area contributed by atoms with Gasteiger partial charge < -0.3 is 14.2 Å². The van der Waals surface area contributed by atoms with Crippen LogP contribution >= 0.6 is 11.6 Å². The van der Waals surface area contributed by atoms with Gasteiger partial charge in [0, 0.05) is 43.4 Å². The summed E-state index contributed by atoms with van der Waals surface area (Å²) in [5.74, 6) is 1.53. The number of pyridine rings is 1. The minimum absolute atomic E-state index is 0.0343. The van der Waals surface area contributed by atoms with E-state index < -0.39 is 0 Å². The fraction of sp³-hybridized carbons (Fsp3) is 0.471. The third-order valence-corrected chi connectivity index (χ3v) is 4.58. The third kappa shape index (κ3) is 3.70. The second-order valence-electron chi connectivity index (χ2n) is 5.98. The lowest BCUT2D eigenvalue weighted by Crippen LogP contribution is -2.31. The van der Waals surface area contributed by atoms with Crippen LogP contribution in [0.5, 0.6) is 5.75 Å². The van der Waals surface area contributed by atoms with E-state index in [1.165, 1.54) is 0 Å². The SMILES string of the molecule is Cc1noc(C)c1CCC(=O)N1CC[C@H](Oc2ccncc2Cl)C1. The zero-order chi connectivity index (χ0) is 17.1. The smallest absolute Gasteiger partial charge is 0.223 e. The summed E-state index contributed by atoms with van der Waals surface area (Å²) < 4.78 is 11.0. The van der Waals surface area contributed by atoms with Gasteiger partial charge in [0.05, 0.1) is 12.2 Å². The molecule has 7 heteroatoms. The number of hydrogen-bond acceptors (Lipinski definition) is 5. The molecule has 24 heavy (non-hydrogen) atoms. The minimum atomic E-state index is -0.0343. The first kappa shape index (κ1) is 16.8. The maximum atomic E-state index is 12.4. The first-order valence-electron chi connectivity index (χ1n) is 8.00. The zero-order valence-electron chi connectivity index (χ0n) is 13.8. The number of carbonyl (C=O) groups excluding carboxylic acids is 1. The van der Waals surface area contributed by atoms with E-state index in [2.05, 4.69) is 10.1 Å². The lowest BCUT2D eigenvalue weighted by Gasteiger charge is -2.17. The van der Waals surface area contributed by atoms with E-state index in [0.29, 0.717) is 36.7 Å². The maximum absolute atomic E-state index is 12.4. The highest BCUT2D eigenvalue weighted by Crippen LogP contribution is 2.26. The van der Waals surface area contributed by atoms with E-state index >= 15 is 0 Å². The van der Waals surface area contributed by atoms with E-state index in [1.54, 1.807) is 18.5 Å². The van der Waals surface area contributed by atoms with Crippen LogP contribution < -0.4 is 4.74 Å². The molecular formula is C17H20ClN3O3. The van der Waals surface area contributed by atoms with Gasteiger partial charge >= 0.3 is 0 Å². The first-order chi connectivity index (χ1) is 11.5. The lowest BCUT2D eigenvalue weighted by molar-refractivity contribution is -0.130. The van der Waals surface area contributed by atoms with Crippen molar-refractivity contribution in [3.63, 3.8) is 0 Å². The third-order valence-electron chi connectivity index (χ3n) is 4.30. The fourth-order valence-electron chi connectivity index (χ4n) is 2.94. The van der Waals surface area contributed by atoms with Gasteiger partial charge in [0.2, 0.25) is 5.91 Å². The van der Waals surface area contributed by atoms with Gasteiger partial charge in [-0.2, -0.15) is 0 Å². The Balaban J connectivity index is 1.52. The van der Waals surface area contributed by atoms with Gasteiger partial charge in [-0.15, -0.1) is 0 Å². The average molecular weight is 350 g/mol. The van der Waals surface area contributed by atoms with Gasteiger partial charge in [-0.1, -0.05) is 16.8 Å². The highest BCUT2D eigenvalue weighted by atomic mass is 35.5. The molecule has 0 radical (unpaired) electrons. The molecule has 0 aromatic carbocycles. The summed E-state index contributed by atoms with van der Waals surface area (Å²) in [6, 6.07) is 1.74. The summed E-state index contributed by atoms with van der Waals surface area (Å²) in [5, 5.41) is 4.41. The molecule has 1 aliphatic heterocycles. The predicted molar refractivity (Wildman–Crippen MR) is 89.2 cm³/mol. The molecule has 3 rings (SSSR count). The van der Waals surface area contributed by atoms with Gasteiger partial charge in [0.25, 0.3) is 0 Å². The van der Waals surface area contributed by atoms with Gasteiger partial charge in [-0.05, 0) is 20.3 Å². The molecule has 0 unspecified atom stereocenters. The normalized spacial score (nSPS) is 17.3. The standard InChI is InChI=1S/C17H20ClN3O3/c1-11-14(12(2)24-20-11)3-4-17(22)21-8-6-13(10-21)23-16-5-7-19-9-15(16)18/h5,7,9,13H,3-4,6,8,10H2,1-2H3/t13-/m0/s1. The van der Waals surface area contributed by atoms with Gasteiger partial charge in [-0.25, -0.2) is 0 Å². The van der Waals surface area contributed by atoms with Crippen molar-refractivity contribution in [2.75, 3.05) is 13.1 Å².